The predicted molar refractivity (Wildman–Crippen MR) is 66.4 cm³/mol. The number of halogens is 3. The van der Waals surface area contributed by atoms with Crippen LogP contribution in [0.1, 0.15) is 31.0 Å². The highest BCUT2D eigenvalue weighted by Gasteiger charge is 2.54. The van der Waals surface area contributed by atoms with Gasteiger partial charge in [-0.2, -0.15) is 18.4 Å². The van der Waals surface area contributed by atoms with Crippen LogP contribution in [0.2, 0.25) is 0 Å². The standard InChI is InChI=1S/C13H14F3N3O/c1-8(10-5-3-9(7-17)4-6-10)19-11(20)12(2,18)13(14,15)16/h3-6,8H,18H2,1-2H3,(H,19,20). The molecule has 4 nitrogen and oxygen atoms in total. The van der Waals surface area contributed by atoms with E-state index < -0.39 is 23.7 Å². The van der Waals surface area contributed by atoms with E-state index in [4.69, 9.17) is 11.0 Å². The first-order chi connectivity index (χ1) is 9.09. The summed E-state index contributed by atoms with van der Waals surface area (Å²) in [5.74, 6) is -1.30. The molecule has 0 bridgehead atoms. The van der Waals surface area contributed by atoms with Crippen LogP contribution in [0, 0.1) is 11.3 Å². The van der Waals surface area contributed by atoms with Crippen LogP contribution in [0.5, 0.6) is 0 Å². The molecule has 0 saturated heterocycles. The van der Waals surface area contributed by atoms with E-state index in [2.05, 4.69) is 5.32 Å². The Morgan fingerprint density at radius 1 is 1.35 bits per heavy atom. The lowest BCUT2D eigenvalue weighted by molar-refractivity contribution is -0.187. The number of nitrogens with two attached hydrogens (primary N) is 1. The molecule has 108 valence electrons. The molecular formula is C13H14F3N3O. The van der Waals surface area contributed by atoms with Gasteiger partial charge in [0.15, 0.2) is 5.54 Å². The summed E-state index contributed by atoms with van der Waals surface area (Å²) < 4.78 is 37.8. The highest BCUT2D eigenvalue weighted by molar-refractivity contribution is 5.86. The monoisotopic (exact) mass is 285 g/mol. The Morgan fingerprint density at radius 2 is 1.85 bits per heavy atom. The molecule has 2 unspecified atom stereocenters. The molecular weight excluding hydrogens is 271 g/mol. The van der Waals surface area contributed by atoms with Crippen molar-refractivity contribution in [2.24, 2.45) is 5.73 Å². The number of hydrogen-bond donors (Lipinski definition) is 2. The number of hydrogen-bond acceptors (Lipinski definition) is 3. The van der Waals surface area contributed by atoms with E-state index in [1.54, 1.807) is 12.1 Å². The van der Waals surface area contributed by atoms with E-state index in [-0.39, 0.29) is 0 Å². The van der Waals surface area contributed by atoms with Gasteiger partial charge in [-0.05, 0) is 31.5 Å². The van der Waals surface area contributed by atoms with Gasteiger partial charge in [0.2, 0.25) is 5.91 Å². The third-order valence-electron chi connectivity index (χ3n) is 2.95. The zero-order valence-electron chi connectivity index (χ0n) is 11.0. The number of nitrogens with one attached hydrogen (secondary N) is 1. The molecule has 0 spiro atoms. The van der Waals surface area contributed by atoms with Crippen molar-refractivity contribution in [2.75, 3.05) is 0 Å². The molecule has 7 heteroatoms. The maximum absolute atomic E-state index is 12.6. The zero-order chi connectivity index (χ0) is 15.6. The summed E-state index contributed by atoms with van der Waals surface area (Å²) in [4.78, 5) is 11.6. The molecule has 0 aliphatic heterocycles. The Kier molecular flexibility index (Phi) is 4.40. The van der Waals surface area contributed by atoms with Gasteiger partial charge < -0.3 is 11.1 Å². The number of nitrogens with zero attached hydrogens (tertiary/aromatic N) is 1. The molecule has 0 aliphatic carbocycles. The molecule has 1 amide bonds. The van der Waals surface area contributed by atoms with Crippen LogP contribution in [-0.2, 0) is 4.79 Å². The SMILES string of the molecule is CC(NC(=O)C(C)(N)C(F)(F)F)c1ccc(C#N)cc1. The van der Waals surface area contributed by atoms with Gasteiger partial charge in [0.05, 0.1) is 17.7 Å². The van der Waals surface area contributed by atoms with Crippen molar-refractivity contribution in [1.29, 1.82) is 5.26 Å². The smallest absolute Gasteiger partial charge is 0.348 e. The minimum absolute atomic E-state index is 0.422. The molecule has 3 N–H and O–H groups in total. The second-order valence-corrected chi connectivity index (χ2v) is 4.63. The second kappa shape index (κ2) is 5.51. The van der Waals surface area contributed by atoms with E-state index in [9.17, 15) is 18.0 Å². The van der Waals surface area contributed by atoms with Gasteiger partial charge in [-0.3, -0.25) is 4.79 Å². The Hall–Kier alpha value is -2.07. The third kappa shape index (κ3) is 3.27. The summed E-state index contributed by atoms with van der Waals surface area (Å²) in [6.07, 6.45) is -4.83. The van der Waals surface area contributed by atoms with Crippen molar-refractivity contribution >= 4 is 5.91 Å². The Balaban J connectivity index is 2.82. The fourth-order valence-electron chi connectivity index (χ4n) is 1.40. The zero-order valence-corrected chi connectivity index (χ0v) is 11.0. The van der Waals surface area contributed by atoms with E-state index in [0.717, 1.165) is 0 Å². The minimum Gasteiger partial charge on any atom is -0.348 e. The summed E-state index contributed by atoms with van der Waals surface area (Å²) in [6.45, 7) is 2.15. The number of carbonyl (C=O) groups excluding carboxylic acids is 1. The van der Waals surface area contributed by atoms with Crippen molar-refractivity contribution in [1.82, 2.24) is 5.32 Å². The van der Waals surface area contributed by atoms with Gasteiger partial charge in [-0.1, -0.05) is 12.1 Å². The Bertz CT molecular complexity index is 529. The van der Waals surface area contributed by atoms with Crippen LogP contribution in [-0.4, -0.2) is 17.6 Å². The van der Waals surface area contributed by atoms with Crippen LogP contribution < -0.4 is 11.1 Å². The van der Waals surface area contributed by atoms with Crippen molar-refractivity contribution in [3.63, 3.8) is 0 Å². The Labute approximate surface area is 114 Å². The number of nitriles is 1. The van der Waals surface area contributed by atoms with Gasteiger partial charge in [0.1, 0.15) is 0 Å². The first-order valence-electron chi connectivity index (χ1n) is 5.76. The maximum atomic E-state index is 12.6. The lowest BCUT2D eigenvalue weighted by Gasteiger charge is -2.28. The van der Waals surface area contributed by atoms with Gasteiger partial charge >= 0.3 is 6.18 Å². The van der Waals surface area contributed by atoms with Crippen molar-refractivity contribution in [3.05, 3.63) is 35.4 Å². The van der Waals surface area contributed by atoms with E-state index in [0.29, 0.717) is 18.1 Å². The predicted octanol–water partition coefficient (Wildman–Crippen LogP) is 2.02. The molecule has 0 fully saturated rings. The third-order valence-corrected chi connectivity index (χ3v) is 2.95. The van der Waals surface area contributed by atoms with Crippen molar-refractivity contribution < 1.29 is 18.0 Å². The normalized spacial score (nSPS) is 15.8. The van der Waals surface area contributed by atoms with E-state index in [1.165, 1.54) is 19.1 Å². The first-order valence-corrected chi connectivity index (χ1v) is 5.76. The summed E-state index contributed by atoms with van der Waals surface area (Å²) in [6, 6.07) is 7.43. The van der Waals surface area contributed by atoms with E-state index in [1.807, 2.05) is 6.07 Å². The van der Waals surface area contributed by atoms with Crippen LogP contribution in [0.4, 0.5) is 13.2 Å². The number of alkyl halides is 3. The quantitative estimate of drug-likeness (QED) is 0.891. The number of benzene rings is 1. The molecule has 1 aromatic carbocycles. The second-order valence-electron chi connectivity index (χ2n) is 4.63. The summed E-state index contributed by atoms with van der Waals surface area (Å²) >= 11 is 0. The molecule has 0 saturated carbocycles. The number of amides is 1. The number of rotatable bonds is 3. The Morgan fingerprint density at radius 3 is 2.25 bits per heavy atom. The lowest BCUT2D eigenvalue weighted by Crippen LogP contribution is -2.61. The van der Waals surface area contributed by atoms with E-state index >= 15 is 0 Å². The summed E-state index contributed by atoms with van der Waals surface area (Å²) in [5, 5.41) is 10.9. The fourth-order valence-corrected chi connectivity index (χ4v) is 1.40. The molecule has 0 radical (unpaired) electrons. The molecule has 2 atom stereocenters. The maximum Gasteiger partial charge on any atom is 0.415 e. The highest BCUT2D eigenvalue weighted by atomic mass is 19.4. The average molecular weight is 285 g/mol. The molecule has 0 heterocycles. The lowest BCUT2D eigenvalue weighted by atomic mass is 10.0. The largest absolute Gasteiger partial charge is 0.415 e. The fraction of sp³-hybridized carbons (Fsp3) is 0.385. The van der Waals surface area contributed by atoms with Gasteiger partial charge in [0, 0.05) is 0 Å². The topological polar surface area (TPSA) is 78.9 Å². The summed E-state index contributed by atoms with van der Waals surface area (Å²) in [5.41, 5.74) is 3.08. The van der Waals surface area contributed by atoms with Crippen molar-refractivity contribution in [3.8, 4) is 6.07 Å². The van der Waals surface area contributed by atoms with Crippen molar-refractivity contribution in [2.45, 2.75) is 31.6 Å². The van der Waals surface area contributed by atoms with Gasteiger partial charge in [-0.15, -0.1) is 0 Å². The molecule has 0 aromatic heterocycles. The summed E-state index contributed by atoms with van der Waals surface area (Å²) in [7, 11) is 0. The number of carbonyl (C=O) groups is 1. The van der Waals surface area contributed by atoms with Crippen LogP contribution in [0.25, 0.3) is 0 Å². The van der Waals surface area contributed by atoms with Crippen LogP contribution in [0.15, 0.2) is 24.3 Å². The van der Waals surface area contributed by atoms with Gasteiger partial charge in [0.25, 0.3) is 0 Å². The van der Waals surface area contributed by atoms with Gasteiger partial charge in [-0.25, -0.2) is 0 Å². The first kappa shape index (κ1) is 16.0. The molecule has 1 aromatic rings. The van der Waals surface area contributed by atoms with Crippen LogP contribution in [0.3, 0.4) is 0 Å². The molecule has 0 aliphatic rings. The van der Waals surface area contributed by atoms with Crippen LogP contribution >= 0.6 is 0 Å². The average Bonchev–Trinajstić information content (AvgIpc) is 2.37. The molecule has 1 rings (SSSR count). The molecule has 20 heavy (non-hydrogen) atoms. The highest BCUT2D eigenvalue weighted by Crippen LogP contribution is 2.28. The minimum atomic E-state index is -4.83.